The maximum atomic E-state index is 10.0. The van der Waals surface area contributed by atoms with E-state index in [0.717, 1.165) is 60.3 Å². The molecule has 0 amide bonds. The summed E-state index contributed by atoms with van der Waals surface area (Å²) in [6.07, 6.45) is 6.69. The summed E-state index contributed by atoms with van der Waals surface area (Å²) >= 11 is 0.413. The molecule has 0 heterocycles. The summed E-state index contributed by atoms with van der Waals surface area (Å²) in [7, 11) is 0. The third-order valence-corrected chi connectivity index (χ3v) is 7.36. The van der Waals surface area contributed by atoms with Crippen molar-refractivity contribution in [3.05, 3.63) is 59.7 Å². The Kier molecular flexibility index (Phi) is 12.0. The van der Waals surface area contributed by atoms with Crippen molar-refractivity contribution in [2.45, 2.75) is 76.1 Å². The number of phenols is 2. The van der Waals surface area contributed by atoms with E-state index in [4.69, 9.17) is 9.98 Å². The number of para-hydroxylation sites is 2. The zero-order chi connectivity index (χ0) is 22.3. The van der Waals surface area contributed by atoms with Gasteiger partial charge in [-0.1, -0.05) is 0 Å². The van der Waals surface area contributed by atoms with Crippen LogP contribution in [0.2, 0.25) is 10.6 Å². The molecule has 0 aliphatic heterocycles. The normalized spacial score (nSPS) is 12.3. The van der Waals surface area contributed by atoms with E-state index < -0.39 is 0 Å². The molecule has 0 saturated carbocycles. The Hall–Kier alpha value is -2.10. The number of rotatable bonds is 14. The molecule has 0 aliphatic rings. The monoisotopic (exact) mass is 488 g/mol. The SMILES string of the molecule is CCCCC(C[Se]CC(CCCC)=NCc1ccccc1O)=NCc1ccccc1O. The van der Waals surface area contributed by atoms with Crippen molar-refractivity contribution in [2.24, 2.45) is 9.98 Å². The van der Waals surface area contributed by atoms with Crippen molar-refractivity contribution in [1.29, 1.82) is 0 Å². The fourth-order valence-electron chi connectivity index (χ4n) is 3.13. The van der Waals surface area contributed by atoms with E-state index in [1.54, 1.807) is 12.1 Å². The van der Waals surface area contributed by atoms with Gasteiger partial charge in [0, 0.05) is 0 Å². The van der Waals surface area contributed by atoms with Crippen molar-refractivity contribution >= 4 is 26.4 Å². The van der Waals surface area contributed by atoms with Crippen molar-refractivity contribution in [1.82, 2.24) is 0 Å². The van der Waals surface area contributed by atoms with Gasteiger partial charge in [0.05, 0.1) is 0 Å². The third-order valence-electron chi connectivity index (χ3n) is 5.10. The van der Waals surface area contributed by atoms with Crippen LogP contribution in [-0.4, -0.2) is 36.6 Å². The molecule has 2 aromatic carbocycles. The van der Waals surface area contributed by atoms with Crippen LogP contribution < -0.4 is 0 Å². The predicted octanol–water partition coefficient (Wildman–Crippen LogP) is 6.60. The number of hydrogen-bond acceptors (Lipinski definition) is 4. The third kappa shape index (κ3) is 9.71. The summed E-state index contributed by atoms with van der Waals surface area (Å²) < 4.78 is 0. The van der Waals surface area contributed by atoms with Gasteiger partial charge >= 0.3 is 194 Å². The molecule has 0 unspecified atom stereocenters. The van der Waals surface area contributed by atoms with Gasteiger partial charge in [-0.05, 0) is 0 Å². The second-order valence-corrected chi connectivity index (χ2v) is 9.79. The van der Waals surface area contributed by atoms with Crippen molar-refractivity contribution in [3.8, 4) is 11.5 Å². The number of aromatic hydroxyl groups is 2. The van der Waals surface area contributed by atoms with E-state index in [0.29, 0.717) is 39.5 Å². The Labute approximate surface area is 193 Å². The molecule has 0 saturated heterocycles. The van der Waals surface area contributed by atoms with Gasteiger partial charge in [0.1, 0.15) is 0 Å². The van der Waals surface area contributed by atoms with Crippen molar-refractivity contribution in [2.75, 3.05) is 0 Å². The van der Waals surface area contributed by atoms with Gasteiger partial charge in [-0.2, -0.15) is 0 Å². The van der Waals surface area contributed by atoms with E-state index in [-0.39, 0.29) is 0 Å². The Morgan fingerprint density at radius 3 is 1.52 bits per heavy atom. The molecule has 2 rings (SSSR count). The van der Waals surface area contributed by atoms with E-state index in [1.807, 2.05) is 36.4 Å². The first-order valence-corrected chi connectivity index (χ1v) is 13.7. The Balaban J connectivity index is 1.96. The first kappa shape index (κ1) is 25.2. The van der Waals surface area contributed by atoms with Crippen LogP contribution in [0.15, 0.2) is 58.5 Å². The molecule has 168 valence electrons. The Morgan fingerprint density at radius 2 is 1.13 bits per heavy atom. The van der Waals surface area contributed by atoms with Crippen LogP contribution in [0.25, 0.3) is 0 Å². The molecule has 2 N–H and O–H groups in total. The molecule has 0 radical (unpaired) electrons. The summed E-state index contributed by atoms with van der Waals surface area (Å²) in [5.41, 5.74) is 4.30. The summed E-state index contributed by atoms with van der Waals surface area (Å²) in [5.74, 6) is 0.648. The second-order valence-electron chi connectivity index (χ2n) is 7.72. The van der Waals surface area contributed by atoms with E-state index in [1.165, 1.54) is 11.4 Å². The topological polar surface area (TPSA) is 65.2 Å². The number of phenolic OH excluding ortho intramolecular Hbond substituents is 2. The molecule has 0 spiro atoms. The number of nitrogens with zero attached hydrogens (tertiary/aromatic N) is 2. The summed E-state index contributed by atoms with van der Waals surface area (Å²) in [5, 5.41) is 22.1. The van der Waals surface area contributed by atoms with Gasteiger partial charge in [0.25, 0.3) is 0 Å². The fraction of sp³-hybridized carbons (Fsp3) is 0.462. The number of unbranched alkanes of at least 4 members (excludes halogenated alkanes) is 2. The van der Waals surface area contributed by atoms with Gasteiger partial charge in [-0.25, -0.2) is 0 Å². The standard InChI is InChI=1S/C26H36N2O2Se/c1-3-5-13-23(27-17-21-11-7-9-15-25(21)29)19-31-20-24(14-6-4-2)28-18-22-12-8-10-16-26(22)30/h7-12,15-16,29-30H,3-6,13-14,17-20H2,1-2H3. The van der Waals surface area contributed by atoms with Crippen LogP contribution in [0.4, 0.5) is 0 Å². The van der Waals surface area contributed by atoms with Crippen molar-refractivity contribution < 1.29 is 10.2 Å². The van der Waals surface area contributed by atoms with Crippen molar-refractivity contribution in [3.63, 3.8) is 0 Å². The van der Waals surface area contributed by atoms with Crippen LogP contribution in [0.3, 0.4) is 0 Å². The predicted molar refractivity (Wildman–Crippen MR) is 133 cm³/mol. The number of benzene rings is 2. The quantitative estimate of drug-likeness (QED) is 0.233. The molecule has 0 bridgehead atoms. The second kappa shape index (κ2) is 14.8. The molecular weight excluding hydrogens is 451 g/mol. The molecule has 0 fully saturated rings. The summed E-state index contributed by atoms with van der Waals surface area (Å²) in [6, 6.07) is 14.9. The molecule has 31 heavy (non-hydrogen) atoms. The van der Waals surface area contributed by atoms with Gasteiger partial charge < -0.3 is 0 Å². The average molecular weight is 488 g/mol. The molecule has 2 aromatic rings. The first-order chi connectivity index (χ1) is 15.1. The minimum atomic E-state index is 0.324. The van der Waals surface area contributed by atoms with Gasteiger partial charge in [-0.3, -0.25) is 0 Å². The fourth-order valence-corrected chi connectivity index (χ4v) is 5.32. The zero-order valence-corrected chi connectivity index (χ0v) is 20.6. The zero-order valence-electron chi connectivity index (χ0n) is 18.9. The van der Waals surface area contributed by atoms with Gasteiger partial charge in [0.15, 0.2) is 0 Å². The summed E-state index contributed by atoms with van der Waals surface area (Å²) in [6.45, 7) is 5.51. The van der Waals surface area contributed by atoms with Gasteiger partial charge in [-0.15, -0.1) is 0 Å². The van der Waals surface area contributed by atoms with Crippen LogP contribution in [0, 0.1) is 0 Å². The summed E-state index contributed by atoms with van der Waals surface area (Å²) in [4.78, 5) is 9.71. The Bertz CT molecular complexity index is 779. The number of aliphatic imine (C=N–C) groups is 2. The molecule has 4 nitrogen and oxygen atoms in total. The van der Waals surface area contributed by atoms with Gasteiger partial charge in [0.2, 0.25) is 0 Å². The van der Waals surface area contributed by atoms with Crippen LogP contribution in [0.5, 0.6) is 11.5 Å². The van der Waals surface area contributed by atoms with Crippen LogP contribution >= 0.6 is 0 Å². The van der Waals surface area contributed by atoms with Crippen LogP contribution in [-0.2, 0) is 13.1 Å². The Morgan fingerprint density at radius 1 is 0.710 bits per heavy atom. The maximum absolute atomic E-state index is 10.0. The molecule has 5 heteroatoms. The molecule has 0 atom stereocenters. The van der Waals surface area contributed by atoms with E-state index in [9.17, 15) is 10.2 Å². The minimum absolute atomic E-state index is 0.324. The van der Waals surface area contributed by atoms with E-state index >= 15 is 0 Å². The van der Waals surface area contributed by atoms with E-state index in [2.05, 4.69) is 13.8 Å². The first-order valence-electron chi connectivity index (χ1n) is 11.3. The number of hydrogen-bond donors (Lipinski definition) is 2. The molecule has 0 aromatic heterocycles. The van der Waals surface area contributed by atoms with Crippen LogP contribution in [0.1, 0.15) is 63.5 Å². The average Bonchev–Trinajstić information content (AvgIpc) is 2.78. The molecule has 0 aliphatic carbocycles. The molecular formula is C26H36N2O2Se.